The van der Waals surface area contributed by atoms with Gasteiger partial charge in [-0.2, -0.15) is 13.2 Å². The van der Waals surface area contributed by atoms with Gasteiger partial charge in [-0.15, -0.1) is 0 Å². The van der Waals surface area contributed by atoms with E-state index in [1.54, 1.807) is 7.11 Å². The zero-order valence-corrected chi connectivity index (χ0v) is 26.7. The molecule has 4 N–H and O–H groups in total. The molecule has 47 heavy (non-hydrogen) atoms. The largest absolute Gasteiger partial charge is 0.497 e. The summed E-state index contributed by atoms with van der Waals surface area (Å²) in [6.45, 7) is -0.0188. The van der Waals surface area contributed by atoms with Crippen molar-refractivity contribution in [3.8, 4) is 5.75 Å². The molecule has 0 spiro atoms. The molecule has 1 saturated carbocycles. The number of nitrogens with one attached hydrogen (secondary N) is 3. The highest BCUT2D eigenvalue weighted by atomic mass is 19.4. The van der Waals surface area contributed by atoms with Crippen LogP contribution in [0.2, 0.25) is 0 Å². The Labute approximate surface area is 272 Å². The summed E-state index contributed by atoms with van der Waals surface area (Å²) in [6, 6.07) is 18.7. The van der Waals surface area contributed by atoms with Crippen LogP contribution >= 0.6 is 0 Å². The number of halogens is 3. The summed E-state index contributed by atoms with van der Waals surface area (Å²) < 4.78 is 43.2. The maximum absolute atomic E-state index is 13.5. The van der Waals surface area contributed by atoms with Gasteiger partial charge in [-0.25, -0.2) is 0 Å². The Balaban J connectivity index is 1.52. The van der Waals surface area contributed by atoms with Crippen molar-refractivity contribution in [1.29, 1.82) is 0 Å². The number of hydrogen-bond donors (Lipinski definition) is 4. The quantitative estimate of drug-likeness (QED) is 0.195. The first-order chi connectivity index (χ1) is 22.4. The lowest BCUT2D eigenvalue weighted by Crippen LogP contribution is -2.53. The van der Waals surface area contributed by atoms with Gasteiger partial charge in [0.25, 0.3) is 11.8 Å². The van der Waals surface area contributed by atoms with E-state index in [1.165, 1.54) is 13.1 Å². The Morgan fingerprint density at radius 1 is 1.04 bits per heavy atom. The third kappa shape index (κ3) is 10.2. The fourth-order valence-corrected chi connectivity index (χ4v) is 6.11. The lowest BCUT2D eigenvalue weighted by atomic mass is 9.76. The molecule has 3 aromatic rings. The van der Waals surface area contributed by atoms with Crippen molar-refractivity contribution < 1.29 is 32.6 Å². The van der Waals surface area contributed by atoms with Crippen LogP contribution in [0, 0.1) is 0 Å². The van der Waals surface area contributed by atoms with Crippen LogP contribution in [0.5, 0.6) is 5.75 Å². The molecule has 254 valence electrons. The number of alkyl halides is 3. The number of carbonyl (C=O) groups is 2. The monoisotopic (exact) mass is 656 g/mol. The standard InChI is InChI=1S/C35H43F3N4O5/c1-42(18-10-17-35(36,37)38)33(46)25-20-29(40-31(44)21-25)32(45)41-28(19-24-11-5-3-6-12-24)30(43)23-39-34(15-7-4-8-16-34)26-13-9-14-27(22-26)47-2/h3,5-6,9,11-14,20-22,28,30,39,43H,4,7-8,10,15-19,23H2,1-2H3,(H,40,44)(H,41,45)/t28-,30+/m0/s1. The average molecular weight is 657 g/mol. The van der Waals surface area contributed by atoms with E-state index in [0.29, 0.717) is 0 Å². The second-order valence-electron chi connectivity index (χ2n) is 12.2. The Hall–Kier alpha value is -4.16. The summed E-state index contributed by atoms with van der Waals surface area (Å²) in [5.74, 6) is -0.657. The van der Waals surface area contributed by atoms with E-state index in [4.69, 9.17) is 4.74 Å². The molecule has 1 heterocycles. The maximum Gasteiger partial charge on any atom is 0.389 e. The van der Waals surface area contributed by atoms with Gasteiger partial charge in [0.2, 0.25) is 5.56 Å². The molecule has 1 fully saturated rings. The van der Waals surface area contributed by atoms with Gasteiger partial charge < -0.3 is 30.4 Å². The van der Waals surface area contributed by atoms with E-state index in [2.05, 4.69) is 21.7 Å². The Kier molecular flexibility index (Phi) is 12.2. The molecule has 0 unspecified atom stereocenters. The molecule has 0 bridgehead atoms. The number of nitrogens with zero attached hydrogens (tertiary/aromatic N) is 1. The Morgan fingerprint density at radius 2 is 1.77 bits per heavy atom. The van der Waals surface area contributed by atoms with E-state index < -0.39 is 42.1 Å². The van der Waals surface area contributed by atoms with Crippen LogP contribution in [0.15, 0.2) is 71.5 Å². The summed E-state index contributed by atoms with van der Waals surface area (Å²) >= 11 is 0. The third-order valence-corrected chi connectivity index (χ3v) is 8.69. The van der Waals surface area contributed by atoms with Crippen molar-refractivity contribution in [2.45, 2.75) is 75.2 Å². The van der Waals surface area contributed by atoms with Gasteiger partial charge in [0, 0.05) is 43.7 Å². The smallest absolute Gasteiger partial charge is 0.389 e. The number of aliphatic hydroxyl groups is 1. The number of aromatic nitrogens is 1. The van der Waals surface area contributed by atoms with Crippen LogP contribution in [-0.2, 0) is 12.0 Å². The van der Waals surface area contributed by atoms with Crippen LogP contribution < -0.4 is 20.9 Å². The summed E-state index contributed by atoms with van der Waals surface area (Å²) in [5.41, 5.74) is 0.491. The second-order valence-corrected chi connectivity index (χ2v) is 12.2. The molecule has 2 atom stereocenters. The number of carbonyl (C=O) groups excluding carboxylic acids is 2. The van der Waals surface area contributed by atoms with E-state index in [1.807, 2.05) is 48.5 Å². The molecule has 4 rings (SSSR count). The molecule has 12 heteroatoms. The fourth-order valence-electron chi connectivity index (χ4n) is 6.11. The van der Waals surface area contributed by atoms with Crippen LogP contribution in [0.1, 0.15) is 76.9 Å². The van der Waals surface area contributed by atoms with E-state index in [0.717, 1.165) is 59.9 Å². The number of aliphatic hydroxyl groups excluding tert-OH is 1. The molecule has 0 radical (unpaired) electrons. The minimum atomic E-state index is -4.35. The highest BCUT2D eigenvalue weighted by molar-refractivity contribution is 5.98. The normalized spacial score (nSPS) is 15.8. The SMILES string of the molecule is COc1cccc(C2(NC[C@@H](O)[C@H](Cc3ccccc3)NC(=O)c3cc(C(=O)N(C)CCCC(F)(F)F)cc(=O)[nH]3)CCCCC2)c1. The highest BCUT2D eigenvalue weighted by Crippen LogP contribution is 2.38. The van der Waals surface area contributed by atoms with Gasteiger partial charge in [0.05, 0.1) is 19.3 Å². The molecule has 1 aromatic heterocycles. The van der Waals surface area contributed by atoms with Gasteiger partial charge in [0.1, 0.15) is 11.4 Å². The first-order valence-electron chi connectivity index (χ1n) is 15.9. The van der Waals surface area contributed by atoms with Crippen LogP contribution in [0.25, 0.3) is 0 Å². The molecule has 9 nitrogen and oxygen atoms in total. The maximum atomic E-state index is 13.5. The van der Waals surface area contributed by atoms with Crippen molar-refractivity contribution in [3.63, 3.8) is 0 Å². The molecule has 1 aliphatic rings. The predicted octanol–water partition coefficient (Wildman–Crippen LogP) is 4.95. The molecule has 0 aliphatic heterocycles. The zero-order valence-electron chi connectivity index (χ0n) is 26.7. The highest BCUT2D eigenvalue weighted by Gasteiger charge is 2.35. The van der Waals surface area contributed by atoms with Gasteiger partial charge in [-0.05, 0) is 55.0 Å². The number of aromatic amines is 1. The summed E-state index contributed by atoms with van der Waals surface area (Å²) in [6.07, 6.45) is -1.55. The predicted molar refractivity (Wildman–Crippen MR) is 172 cm³/mol. The van der Waals surface area contributed by atoms with E-state index in [9.17, 15) is 32.7 Å². The molecular formula is C35H43F3N4O5. The van der Waals surface area contributed by atoms with Crippen LogP contribution in [0.4, 0.5) is 13.2 Å². The summed E-state index contributed by atoms with van der Waals surface area (Å²) in [4.78, 5) is 42.4. The molecular weight excluding hydrogens is 613 g/mol. The first-order valence-corrected chi connectivity index (χ1v) is 15.9. The van der Waals surface area contributed by atoms with Gasteiger partial charge in [-0.3, -0.25) is 14.4 Å². The number of benzene rings is 2. The van der Waals surface area contributed by atoms with Crippen LogP contribution in [0.3, 0.4) is 0 Å². The fraction of sp³-hybridized carbons (Fsp3) is 0.457. The molecule has 1 aliphatic carbocycles. The summed E-state index contributed by atoms with van der Waals surface area (Å²) in [7, 11) is 2.96. The minimum Gasteiger partial charge on any atom is -0.497 e. The topological polar surface area (TPSA) is 124 Å². The molecule has 2 aromatic carbocycles. The van der Waals surface area contributed by atoms with Gasteiger partial charge in [-0.1, -0.05) is 61.7 Å². The number of rotatable bonds is 14. The Bertz CT molecular complexity index is 1540. The van der Waals surface area contributed by atoms with Crippen molar-refractivity contribution in [3.05, 3.63) is 99.5 Å². The number of H-pyrrole nitrogens is 1. The van der Waals surface area contributed by atoms with Crippen LogP contribution in [-0.4, -0.2) is 72.4 Å². The van der Waals surface area contributed by atoms with E-state index in [-0.39, 0.29) is 42.7 Å². The zero-order chi connectivity index (χ0) is 34.0. The minimum absolute atomic E-state index is 0.132. The number of ether oxygens (including phenoxy) is 1. The van der Waals surface area contributed by atoms with Crippen molar-refractivity contribution in [2.24, 2.45) is 0 Å². The first kappa shape index (κ1) is 35.7. The average Bonchev–Trinajstić information content (AvgIpc) is 3.06. The third-order valence-electron chi connectivity index (χ3n) is 8.69. The van der Waals surface area contributed by atoms with Crippen molar-refractivity contribution in [2.75, 3.05) is 27.2 Å². The number of methoxy groups -OCH3 is 1. The molecule has 2 amide bonds. The van der Waals surface area contributed by atoms with Gasteiger partial charge in [0.15, 0.2) is 0 Å². The number of amides is 2. The molecule has 0 saturated heterocycles. The van der Waals surface area contributed by atoms with Crippen molar-refractivity contribution >= 4 is 11.8 Å². The summed E-state index contributed by atoms with van der Waals surface area (Å²) in [5, 5.41) is 18.0. The number of pyridine rings is 1. The number of hydrogen-bond acceptors (Lipinski definition) is 6. The Morgan fingerprint density at radius 3 is 2.45 bits per heavy atom. The lowest BCUT2D eigenvalue weighted by Gasteiger charge is -2.40. The van der Waals surface area contributed by atoms with E-state index >= 15 is 0 Å². The van der Waals surface area contributed by atoms with Crippen molar-refractivity contribution in [1.82, 2.24) is 20.5 Å². The second kappa shape index (κ2) is 16.1. The lowest BCUT2D eigenvalue weighted by molar-refractivity contribution is -0.135. The van der Waals surface area contributed by atoms with Gasteiger partial charge >= 0.3 is 6.18 Å².